The second kappa shape index (κ2) is 5.15. The van der Waals surface area contributed by atoms with Gasteiger partial charge in [0.25, 0.3) is 0 Å². The predicted molar refractivity (Wildman–Crippen MR) is 65.5 cm³/mol. The second-order valence-corrected chi connectivity index (χ2v) is 4.99. The molecule has 2 rings (SSSR count). The average molecular weight is 242 g/mol. The Hall–Kier alpha value is -0.600. The molecule has 1 unspecified atom stereocenters. The molecule has 1 aromatic carbocycles. The topological polar surface area (TPSA) is 12.0 Å². The molecule has 0 heterocycles. The zero-order chi connectivity index (χ0) is 11.5. The molecule has 1 saturated carbocycles. The van der Waals surface area contributed by atoms with Crippen LogP contribution in [0.4, 0.5) is 4.39 Å². The Morgan fingerprint density at radius 1 is 1.50 bits per heavy atom. The normalized spacial score (nSPS) is 17.4. The summed E-state index contributed by atoms with van der Waals surface area (Å²) in [6.45, 7) is 3.08. The maximum atomic E-state index is 13.1. The standard InChI is InChI=1S/C13H17ClFN/c1-9(6-7-16-11-3-4-11)12-8-10(15)2-5-13(12)14/h2,5,8-9,11,16H,3-4,6-7H2,1H3. The maximum absolute atomic E-state index is 13.1. The Morgan fingerprint density at radius 3 is 2.94 bits per heavy atom. The summed E-state index contributed by atoms with van der Waals surface area (Å²) in [7, 11) is 0. The molecule has 0 aromatic heterocycles. The first-order valence-electron chi connectivity index (χ1n) is 5.85. The molecule has 0 spiro atoms. The number of hydrogen-bond donors (Lipinski definition) is 1. The van der Waals surface area contributed by atoms with Crippen LogP contribution >= 0.6 is 11.6 Å². The second-order valence-electron chi connectivity index (χ2n) is 4.58. The highest BCUT2D eigenvalue weighted by Crippen LogP contribution is 2.27. The van der Waals surface area contributed by atoms with Gasteiger partial charge >= 0.3 is 0 Å². The lowest BCUT2D eigenvalue weighted by molar-refractivity contribution is 0.583. The summed E-state index contributed by atoms with van der Waals surface area (Å²) in [5, 5.41) is 4.12. The van der Waals surface area contributed by atoms with E-state index in [1.807, 2.05) is 0 Å². The molecule has 0 amide bonds. The first-order chi connectivity index (χ1) is 7.66. The van der Waals surface area contributed by atoms with Crippen LogP contribution in [0.1, 0.15) is 37.7 Å². The maximum Gasteiger partial charge on any atom is 0.123 e. The lowest BCUT2D eigenvalue weighted by Crippen LogP contribution is -2.19. The molecular formula is C13H17ClFN. The van der Waals surface area contributed by atoms with E-state index in [0.717, 1.165) is 24.6 Å². The van der Waals surface area contributed by atoms with Crippen LogP contribution in [0.5, 0.6) is 0 Å². The minimum absolute atomic E-state index is 0.207. The van der Waals surface area contributed by atoms with Crippen molar-refractivity contribution in [3.05, 3.63) is 34.6 Å². The van der Waals surface area contributed by atoms with Crippen molar-refractivity contribution in [2.45, 2.75) is 38.1 Å². The lowest BCUT2D eigenvalue weighted by Gasteiger charge is -2.14. The van der Waals surface area contributed by atoms with Gasteiger partial charge in [0.2, 0.25) is 0 Å². The predicted octanol–water partition coefficient (Wildman–Crippen LogP) is 3.72. The Morgan fingerprint density at radius 2 is 2.25 bits per heavy atom. The molecule has 1 fully saturated rings. The molecule has 0 radical (unpaired) electrons. The van der Waals surface area contributed by atoms with Gasteiger partial charge in [-0.3, -0.25) is 0 Å². The minimum Gasteiger partial charge on any atom is -0.314 e. The van der Waals surface area contributed by atoms with E-state index in [2.05, 4.69) is 12.2 Å². The van der Waals surface area contributed by atoms with Gasteiger partial charge in [0.05, 0.1) is 0 Å². The van der Waals surface area contributed by atoms with Crippen LogP contribution in [0.25, 0.3) is 0 Å². The third-order valence-electron chi connectivity index (χ3n) is 3.08. The van der Waals surface area contributed by atoms with Crippen molar-refractivity contribution >= 4 is 11.6 Å². The number of rotatable bonds is 5. The van der Waals surface area contributed by atoms with Gasteiger partial charge in [-0.2, -0.15) is 0 Å². The van der Waals surface area contributed by atoms with Crippen LogP contribution in [0.15, 0.2) is 18.2 Å². The van der Waals surface area contributed by atoms with Gasteiger partial charge in [0.1, 0.15) is 5.82 Å². The van der Waals surface area contributed by atoms with Crippen LogP contribution in [-0.4, -0.2) is 12.6 Å². The third kappa shape index (κ3) is 3.19. The van der Waals surface area contributed by atoms with E-state index in [9.17, 15) is 4.39 Å². The van der Waals surface area contributed by atoms with Crippen molar-refractivity contribution in [3.63, 3.8) is 0 Å². The number of benzene rings is 1. The van der Waals surface area contributed by atoms with Gasteiger partial charge in [-0.25, -0.2) is 4.39 Å². The van der Waals surface area contributed by atoms with Crippen molar-refractivity contribution in [2.24, 2.45) is 0 Å². The summed E-state index contributed by atoms with van der Waals surface area (Å²) in [6.07, 6.45) is 3.60. The lowest BCUT2D eigenvalue weighted by atomic mass is 9.97. The van der Waals surface area contributed by atoms with Crippen molar-refractivity contribution in [3.8, 4) is 0 Å². The highest BCUT2D eigenvalue weighted by molar-refractivity contribution is 6.31. The van der Waals surface area contributed by atoms with E-state index in [-0.39, 0.29) is 5.82 Å². The molecule has 88 valence electrons. The fourth-order valence-electron chi connectivity index (χ4n) is 1.84. The molecule has 0 bridgehead atoms. The number of halogens is 2. The van der Waals surface area contributed by atoms with E-state index in [0.29, 0.717) is 10.9 Å². The van der Waals surface area contributed by atoms with Crippen molar-refractivity contribution in [1.29, 1.82) is 0 Å². The van der Waals surface area contributed by atoms with E-state index >= 15 is 0 Å². The van der Waals surface area contributed by atoms with Gasteiger partial charge in [-0.15, -0.1) is 0 Å². The molecule has 1 aromatic rings. The molecular weight excluding hydrogens is 225 g/mol. The van der Waals surface area contributed by atoms with Crippen molar-refractivity contribution in [2.75, 3.05) is 6.54 Å². The van der Waals surface area contributed by atoms with Gasteiger partial charge in [0, 0.05) is 11.1 Å². The van der Waals surface area contributed by atoms with Gasteiger partial charge in [-0.1, -0.05) is 18.5 Å². The SMILES string of the molecule is CC(CCNC1CC1)c1cc(F)ccc1Cl. The molecule has 16 heavy (non-hydrogen) atoms. The minimum atomic E-state index is -0.207. The van der Waals surface area contributed by atoms with Crippen molar-refractivity contribution < 1.29 is 4.39 Å². The van der Waals surface area contributed by atoms with Crippen LogP contribution in [0.2, 0.25) is 5.02 Å². The number of nitrogens with one attached hydrogen (secondary N) is 1. The van der Waals surface area contributed by atoms with Crippen molar-refractivity contribution in [1.82, 2.24) is 5.32 Å². The first kappa shape index (κ1) is 11.9. The van der Waals surface area contributed by atoms with E-state index in [4.69, 9.17) is 11.6 Å². The number of hydrogen-bond acceptors (Lipinski definition) is 1. The molecule has 0 saturated heterocycles. The summed E-state index contributed by atoms with van der Waals surface area (Å²) in [5.41, 5.74) is 0.916. The van der Waals surface area contributed by atoms with E-state index in [1.165, 1.54) is 18.9 Å². The zero-order valence-electron chi connectivity index (χ0n) is 9.47. The summed E-state index contributed by atoms with van der Waals surface area (Å²) in [6, 6.07) is 5.32. The van der Waals surface area contributed by atoms with Crippen LogP contribution < -0.4 is 5.32 Å². The first-order valence-corrected chi connectivity index (χ1v) is 6.23. The summed E-state index contributed by atoms with van der Waals surface area (Å²) in [5.74, 6) is 0.0934. The van der Waals surface area contributed by atoms with Gasteiger partial charge in [0.15, 0.2) is 0 Å². The molecule has 1 aliphatic carbocycles. The fourth-order valence-corrected chi connectivity index (χ4v) is 2.14. The highest BCUT2D eigenvalue weighted by Gasteiger charge is 2.20. The average Bonchev–Trinajstić information content (AvgIpc) is 3.05. The van der Waals surface area contributed by atoms with E-state index < -0.39 is 0 Å². The molecule has 1 N–H and O–H groups in total. The monoisotopic (exact) mass is 241 g/mol. The highest BCUT2D eigenvalue weighted by atomic mass is 35.5. The van der Waals surface area contributed by atoms with Gasteiger partial charge in [-0.05, 0) is 55.5 Å². The molecule has 3 heteroatoms. The van der Waals surface area contributed by atoms with Crippen LogP contribution in [-0.2, 0) is 0 Å². The zero-order valence-corrected chi connectivity index (χ0v) is 10.2. The van der Waals surface area contributed by atoms with Crippen LogP contribution in [0, 0.1) is 5.82 Å². The Kier molecular flexibility index (Phi) is 3.82. The summed E-state index contributed by atoms with van der Waals surface area (Å²) >= 11 is 6.06. The smallest absolute Gasteiger partial charge is 0.123 e. The molecule has 1 aliphatic rings. The summed E-state index contributed by atoms with van der Waals surface area (Å²) < 4.78 is 13.1. The van der Waals surface area contributed by atoms with Gasteiger partial charge < -0.3 is 5.32 Å². The third-order valence-corrected chi connectivity index (χ3v) is 3.42. The largest absolute Gasteiger partial charge is 0.314 e. The molecule has 1 atom stereocenters. The Labute approximate surface area is 101 Å². The van der Waals surface area contributed by atoms with Crippen LogP contribution in [0.3, 0.4) is 0 Å². The fraction of sp³-hybridized carbons (Fsp3) is 0.538. The Bertz CT molecular complexity index is 363. The molecule has 0 aliphatic heterocycles. The quantitative estimate of drug-likeness (QED) is 0.829. The molecule has 1 nitrogen and oxygen atoms in total. The summed E-state index contributed by atoms with van der Waals surface area (Å²) in [4.78, 5) is 0. The Balaban J connectivity index is 1.90. The van der Waals surface area contributed by atoms with E-state index in [1.54, 1.807) is 12.1 Å².